The smallest absolute Gasteiger partial charge is 0.322 e. The van der Waals surface area contributed by atoms with Crippen molar-refractivity contribution < 1.29 is 13.2 Å². The number of piperazine rings is 1. The first-order chi connectivity index (χ1) is 10.3. The van der Waals surface area contributed by atoms with Crippen LogP contribution in [0.3, 0.4) is 0 Å². The molecular weight excluding hydrogens is 308 g/mol. The second-order valence-electron chi connectivity index (χ2n) is 5.50. The zero-order valence-electron chi connectivity index (χ0n) is 13.0. The van der Waals surface area contributed by atoms with Crippen LogP contribution in [0.4, 0.5) is 10.5 Å². The molecule has 1 aliphatic heterocycles. The number of hydrogen-bond acceptors (Lipinski definition) is 4. The Hall–Kier alpha value is -1.65. The Morgan fingerprint density at radius 1 is 1.27 bits per heavy atom. The number of carbonyl (C=O) groups excluding carboxylic acids is 1. The van der Waals surface area contributed by atoms with Crippen molar-refractivity contribution in [1.29, 1.82) is 0 Å². The van der Waals surface area contributed by atoms with E-state index in [0.717, 1.165) is 0 Å². The molecule has 0 atom stereocenters. The molecule has 0 spiro atoms. The number of aromatic nitrogens is 2. The summed E-state index contributed by atoms with van der Waals surface area (Å²) in [6.45, 7) is 4.81. The predicted octanol–water partition coefficient (Wildman–Crippen LogP) is -0.188. The summed E-state index contributed by atoms with van der Waals surface area (Å²) in [5.41, 5.74) is 0.615. The Bertz CT molecular complexity index is 619. The summed E-state index contributed by atoms with van der Waals surface area (Å²) in [6, 6.07) is -0.404. The Morgan fingerprint density at radius 2 is 1.91 bits per heavy atom. The highest BCUT2D eigenvalue weighted by atomic mass is 32.2. The zero-order chi connectivity index (χ0) is 16.3. The highest BCUT2D eigenvalue weighted by molar-refractivity contribution is 7.87. The van der Waals surface area contributed by atoms with Crippen molar-refractivity contribution in [3.8, 4) is 0 Å². The number of nitrogens with zero attached hydrogens (tertiary/aromatic N) is 4. The minimum absolute atomic E-state index is 0.156. The van der Waals surface area contributed by atoms with Gasteiger partial charge < -0.3 is 10.2 Å². The van der Waals surface area contributed by atoms with Gasteiger partial charge in [-0.15, -0.1) is 0 Å². The lowest BCUT2D eigenvalue weighted by molar-refractivity contribution is 0.183. The Morgan fingerprint density at radius 3 is 2.41 bits per heavy atom. The monoisotopic (exact) mass is 330 g/mol. The van der Waals surface area contributed by atoms with Crippen LogP contribution < -0.4 is 10.0 Å². The molecule has 2 amide bonds. The van der Waals surface area contributed by atoms with Gasteiger partial charge >= 0.3 is 6.03 Å². The van der Waals surface area contributed by atoms with Gasteiger partial charge in [0.25, 0.3) is 10.2 Å². The summed E-state index contributed by atoms with van der Waals surface area (Å²) in [5, 5.41) is 6.71. The molecule has 0 unspecified atom stereocenters. The van der Waals surface area contributed by atoms with Crippen molar-refractivity contribution in [3.05, 3.63) is 12.4 Å². The van der Waals surface area contributed by atoms with E-state index in [0.29, 0.717) is 18.8 Å². The maximum Gasteiger partial charge on any atom is 0.322 e. The van der Waals surface area contributed by atoms with Gasteiger partial charge in [-0.05, 0) is 13.8 Å². The van der Waals surface area contributed by atoms with Crippen LogP contribution in [0.2, 0.25) is 0 Å². The van der Waals surface area contributed by atoms with Crippen molar-refractivity contribution in [3.63, 3.8) is 0 Å². The molecule has 10 heteroatoms. The van der Waals surface area contributed by atoms with Crippen LogP contribution in [0.1, 0.15) is 13.8 Å². The Kier molecular flexibility index (Phi) is 5.04. The van der Waals surface area contributed by atoms with E-state index < -0.39 is 10.2 Å². The fourth-order valence-electron chi connectivity index (χ4n) is 2.19. The number of carbonyl (C=O) groups is 1. The van der Waals surface area contributed by atoms with Crippen LogP contribution in [-0.2, 0) is 17.3 Å². The molecular formula is C12H22N6O3S. The molecule has 0 saturated carbocycles. The van der Waals surface area contributed by atoms with Crippen molar-refractivity contribution >= 4 is 21.9 Å². The van der Waals surface area contributed by atoms with Gasteiger partial charge in [0.2, 0.25) is 0 Å². The molecule has 2 heterocycles. The van der Waals surface area contributed by atoms with Gasteiger partial charge in [-0.1, -0.05) is 0 Å². The molecule has 1 saturated heterocycles. The molecule has 0 aliphatic carbocycles. The molecule has 124 valence electrons. The summed E-state index contributed by atoms with van der Waals surface area (Å²) in [6.07, 6.45) is 3.26. The normalized spacial score (nSPS) is 17.0. The number of aryl methyl sites for hydroxylation is 1. The van der Waals surface area contributed by atoms with Crippen LogP contribution in [0.5, 0.6) is 0 Å². The van der Waals surface area contributed by atoms with Crippen LogP contribution in [-0.4, -0.2) is 65.7 Å². The molecule has 0 bridgehead atoms. The van der Waals surface area contributed by atoms with Crippen LogP contribution in [0.25, 0.3) is 0 Å². The maximum atomic E-state index is 12.1. The first kappa shape index (κ1) is 16.7. The largest absolute Gasteiger partial charge is 0.322 e. The number of hydrogen-bond donors (Lipinski definition) is 2. The second-order valence-corrected chi connectivity index (χ2v) is 7.20. The van der Waals surface area contributed by atoms with Gasteiger partial charge in [0.15, 0.2) is 0 Å². The zero-order valence-corrected chi connectivity index (χ0v) is 13.8. The summed E-state index contributed by atoms with van der Waals surface area (Å²) in [7, 11) is -1.71. The standard InChI is InChI=1S/C12H22N6O3S/c1-10(2)15-22(20,21)18-6-4-17(5-7-18)12(19)14-11-8-13-16(3)9-11/h8-10,15H,4-7H2,1-3H3,(H,14,19). The van der Waals surface area contributed by atoms with Crippen LogP contribution in [0.15, 0.2) is 12.4 Å². The third-order valence-corrected chi connectivity index (χ3v) is 5.02. The maximum absolute atomic E-state index is 12.1. The number of nitrogens with one attached hydrogen (secondary N) is 2. The molecule has 1 aliphatic rings. The molecule has 1 aromatic heterocycles. The summed E-state index contributed by atoms with van der Waals surface area (Å²) >= 11 is 0. The van der Waals surface area contributed by atoms with Crippen molar-refractivity contribution in [1.82, 2.24) is 23.7 Å². The van der Waals surface area contributed by atoms with Crippen LogP contribution >= 0.6 is 0 Å². The third-order valence-electron chi connectivity index (χ3n) is 3.21. The lowest BCUT2D eigenvalue weighted by Gasteiger charge is -2.34. The predicted molar refractivity (Wildman–Crippen MR) is 82.6 cm³/mol. The van der Waals surface area contributed by atoms with Gasteiger partial charge in [0, 0.05) is 45.5 Å². The van der Waals surface area contributed by atoms with E-state index in [1.54, 1.807) is 42.9 Å². The number of amides is 2. The van der Waals surface area contributed by atoms with E-state index in [1.807, 2.05) is 0 Å². The fourth-order valence-corrected chi connectivity index (χ4v) is 3.58. The van der Waals surface area contributed by atoms with E-state index in [9.17, 15) is 13.2 Å². The van der Waals surface area contributed by atoms with E-state index >= 15 is 0 Å². The highest BCUT2D eigenvalue weighted by Gasteiger charge is 2.29. The van der Waals surface area contributed by atoms with Crippen molar-refractivity contribution in [2.45, 2.75) is 19.9 Å². The third kappa shape index (κ3) is 4.18. The first-order valence-electron chi connectivity index (χ1n) is 7.10. The van der Waals surface area contributed by atoms with E-state index in [1.165, 1.54) is 4.31 Å². The van der Waals surface area contributed by atoms with Gasteiger partial charge in [-0.3, -0.25) is 4.68 Å². The Balaban J connectivity index is 1.87. The highest BCUT2D eigenvalue weighted by Crippen LogP contribution is 2.10. The molecule has 22 heavy (non-hydrogen) atoms. The molecule has 2 N–H and O–H groups in total. The van der Waals surface area contributed by atoms with Crippen molar-refractivity contribution in [2.24, 2.45) is 7.05 Å². The molecule has 0 radical (unpaired) electrons. The molecule has 2 rings (SSSR count). The minimum Gasteiger partial charge on any atom is -0.322 e. The average molecular weight is 330 g/mol. The van der Waals surface area contributed by atoms with Gasteiger partial charge in [0.1, 0.15) is 0 Å². The number of rotatable bonds is 4. The average Bonchev–Trinajstić information content (AvgIpc) is 2.83. The first-order valence-corrected chi connectivity index (χ1v) is 8.54. The SMILES string of the molecule is CC(C)NS(=O)(=O)N1CCN(C(=O)Nc2cnn(C)c2)CC1. The Labute approximate surface area is 130 Å². The number of anilines is 1. The van der Waals surface area contributed by atoms with Gasteiger partial charge in [-0.2, -0.15) is 22.5 Å². The van der Waals surface area contributed by atoms with Gasteiger partial charge in [0.05, 0.1) is 11.9 Å². The molecule has 1 fully saturated rings. The lowest BCUT2D eigenvalue weighted by atomic mass is 10.4. The molecule has 9 nitrogen and oxygen atoms in total. The second kappa shape index (κ2) is 6.63. The lowest BCUT2D eigenvalue weighted by Crippen LogP contribution is -2.54. The van der Waals surface area contributed by atoms with Crippen LogP contribution in [0, 0.1) is 0 Å². The summed E-state index contributed by atoms with van der Waals surface area (Å²) in [4.78, 5) is 13.7. The molecule has 0 aromatic carbocycles. The fraction of sp³-hybridized carbons (Fsp3) is 0.667. The quantitative estimate of drug-likeness (QED) is 0.799. The summed E-state index contributed by atoms with van der Waals surface area (Å²) < 4.78 is 29.6. The van der Waals surface area contributed by atoms with E-state index in [4.69, 9.17) is 0 Å². The summed E-state index contributed by atoms with van der Waals surface area (Å²) in [5.74, 6) is 0. The van der Waals surface area contributed by atoms with E-state index in [2.05, 4.69) is 15.1 Å². The topological polar surface area (TPSA) is 99.6 Å². The molecule has 1 aromatic rings. The van der Waals surface area contributed by atoms with E-state index in [-0.39, 0.29) is 25.2 Å². The van der Waals surface area contributed by atoms with Crippen molar-refractivity contribution in [2.75, 3.05) is 31.5 Å². The minimum atomic E-state index is -3.48. The van der Waals surface area contributed by atoms with Gasteiger partial charge in [-0.25, -0.2) is 4.79 Å². The number of urea groups is 1.